The molecule has 0 amide bonds. The molecule has 2 aromatic rings. The summed E-state index contributed by atoms with van der Waals surface area (Å²) >= 11 is 3.77. The van der Waals surface area contributed by atoms with Gasteiger partial charge in [-0.3, -0.25) is 4.98 Å². The standard InChI is InChI=1S/C5H4N4S.2ClH.Ru/c10-5-3-4(7-1-6-3)8-2-9-5;;;/h1-2H,(H2,6,7,8,9,10);2*1H;/q;;;+1/p-2. The summed E-state index contributed by atoms with van der Waals surface area (Å²) in [4.78, 5) is 14.6. The quantitative estimate of drug-likeness (QED) is 0.342. The zero-order chi connectivity index (χ0) is 9.68. The Kier molecular flexibility index (Phi) is 4.80. The fourth-order valence-electron chi connectivity index (χ4n) is 0.745. The number of hydrogen-bond donors (Lipinski definition) is 1. The number of rotatable bonds is 0. The summed E-state index contributed by atoms with van der Waals surface area (Å²) in [7, 11) is 9.71. The number of nitrogens with one attached hydrogen (secondary N) is 1. The monoisotopic (exact) mass is 324 g/mol. The van der Waals surface area contributed by atoms with Crippen LogP contribution in [0.15, 0.2) is 12.7 Å². The molecule has 1 N–H and O–H groups in total. The molecular formula is C5H4Cl2N4RuS-. The summed E-state index contributed by atoms with van der Waals surface area (Å²) < 4.78 is 0.697. The zero-order valence-electron chi connectivity index (χ0n) is 6.05. The Balaban J connectivity index is 0.000000251. The molecular weight excluding hydrogens is 320 g/mol. The van der Waals surface area contributed by atoms with Crippen LogP contribution in [0.4, 0.5) is 0 Å². The molecule has 0 aliphatic carbocycles. The van der Waals surface area contributed by atoms with Gasteiger partial charge in [-0.2, -0.15) is 0 Å². The molecule has 0 saturated heterocycles. The van der Waals surface area contributed by atoms with Crippen molar-refractivity contribution >= 4 is 42.8 Å². The second-order valence-electron chi connectivity index (χ2n) is 1.85. The summed E-state index contributed by atoms with van der Waals surface area (Å²) in [6.07, 6.45) is 3.00. The SMILES string of the molecule is [Cl][Ru-][Cl].[SH+]=c1[nH]cnc2nc[n-]c12. The van der Waals surface area contributed by atoms with Gasteiger partial charge in [0.15, 0.2) is 12.2 Å². The molecule has 0 saturated carbocycles. The van der Waals surface area contributed by atoms with E-state index in [1.807, 2.05) is 0 Å². The van der Waals surface area contributed by atoms with Gasteiger partial charge < -0.3 is 9.97 Å². The molecule has 0 aliphatic heterocycles. The molecule has 13 heavy (non-hydrogen) atoms. The van der Waals surface area contributed by atoms with E-state index in [4.69, 9.17) is 19.4 Å². The van der Waals surface area contributed by atoms with Gasteiger partial charge in [0.05, 0.1) is 17.5 Å². The van der Waals surface area contributed by atoms with Crippen LogP contribution in [-0.2, 0) is 27.4 Å². The van der Waals surface area contributed by atoms with Crippen molar-refractivity contribution in [3.63, 3.8) is 0 Å². The summed E-state index contributed by atoms with van der Waals surface area (Å²) in [6.45, 7) is 0. The van der Waals surface area contributed by atoms with Gasteiger partial charge in [-0.25, -0.2) is 4.98 Å². The van der Waals surface area contributed by atoms with Crippen LogP contribution in [0.5, 0.6) is 0 Å². The first-order valence-electron chi connectivity index (χ1n) is 2.97. The van der Waals surface area contributed by atoms with Crippen molar-refractivity contribution < 1.29 is 15.1 Å². The van der Waals surface area contributed by atoms with E-state index in [9.17, 15) is 0 Å². The molecule has 2 heterocycles. The van der Waals surface area contributed by atoms with Crippen LogP contribution in [-0.4, -0.2) is 15.0 Å². The summed E-state index contributed by atoms with van der Waals surface area (Å²) in [6, 6.07) is 0. The van der Waals surface area contributed by atoms with Crippen LogP contribution in [0.25, 0.3) is 11.2 Å². The van der Waals surface area contributed by atoms with Crippen molar-refractivity contribution in [2.75, 3.05) is 0 Å². The van der Waals surface area contributed by atoms with Gasteiger partial charge in [0.1, 0.15) is 0 Å². The minimum Gasteiger partial charge on any atom is -0.436 e. The second-order valence-corrected chi connectivity index (χ2v) is 4.93. The normalized spacial score (nSPS) is 9.69. The first-order valence-corrected chi connectivity index (χ1v) is 7.90. The second kappa shape index (κ2) is 5.65. The summed E-state index contributed by atoms with van der Waals surface area (Å²) in [5, 5.41) is 0. The van der Waals surface area contributed by atoms with E-state index in [1.54, 1.807) is 6.33 Å². The predicted molar refractivity (Wildman–Crippen MR) is 50.9 cm³/mol. The van der Waals surface area contributed by atoms with Gasteiger partial charge in [0.2, 0.25) is 0 Å². The Hall–Kier alpha value is -0.0266. The van der Waals surface area contributed by atoms with E-state index in [0.29, 0.717) is 15.8 Å². The maximum Gasteiger partial charge on any atom is 0.298 e. The Morgan fingerprint density at radius 3 is 2.77 bits per heavy atom. The Labute approximate surface area is 94.8 Å². The number of aromatic nitrogens is 4. The molecule has 0 aliphatic rings. The molecule has 2 rings (SSSR count). The van der Waals surface area contributed by atoms with Crippen LogP contribution in [0.3, 0.4) is 0 Å². The average Bonchev–Trinajstić information content (AvgIpc) is 2.54. The van der Waals surface area contributed by atoms with Crippen molar-refractivity contribution in [2.24, 2.45) is 0 Å². The molecule has 0 spiro atoms. The fraction of sp³-hybridized carbons (Fsp3) is 0. The number of H-pyrrole nitrogens is 1. The molecule has 0 unspecified atom stereocenters. The van der Waals surface area contributed by atoms with E-state index in [0.717, 1.165) is 0 Å². The molecule has 0 bridgehead atoms. The van der Waals surface area contributed by atoms with Gasteiger partial charge >= 0.3 is 34.5 Å². The Morgan fingerprint density at radius 1 is 1.46 bits per heavy atom. The largest absolute Gasteiger partial charge is 0.436 e. The van der Waals surface area contributed by atoms with E-state index >= 15 is 0 Å². The molecule has 73 valence electrons. The van der Waals surface area contributed by atoms with Crippen molar-refractivity contribution in [2.45, 2.75) is 0 Å². The van der Waals surface area contributed by atoms with E-state index in [-0.39, 0.29) is 15.1 Å². The minimum absolute atomic E-state index is 0.346. The predicted octanol–water partition coefficient (Wildman–Crippen LogP) is 1.10. The third-order valence-corrected chi connectivity index (χ3v) is 1.53. The molecule has 2 aromatic heterocycles. The molecule has 0 aromatic carbocycles. The van der Waals surface area contributed by atoms with Crippen LogP contribution in [0.2, 0.25) is 0 Å². The number of hydrogen-bond acceptors (Lipinski definition) is 2. The van der Waals surface area contributed by atoms with Gasteiger partial charge in [-0.1, -0.05) is 6.33 Å². The van der Waals surface area contributed by atoms with E-state index in [2.05, 4.69) is 32.2 Å². The van der Waals surface area contributed by atoms with Crippen LogP contribution >= 0.6 is 19.4 Å². The van der Waals surface area contributed by atoms with Crippen LogP contribution in [0, 0.1) is 4.64 Å². The van der Waals surface area contributed by atoms with Crippen molar-refractivity contribution in [1.82, 2.24) is 19.9 Å². The van der Waals surface area contributed by atoms with Crippen molar-refractivity contribution in [3.8, 4) is 0 Å². The van der Waals surface area contributed by atoms with E-state index in [1.165, 1.54) is 6.33 Å². The number of aromatic amines is 1. The zero-order valence-corrected chi connectivity index (χ0v) is 10.2. The Morgan fingerprint density at radius 2 is 2.15 bits per heavy atom. The molecule has 0 atom stereocenters. The average molecular weight is 324 g/mol. The minimum atomic E-state index is -0.346. The van der Waals surface area contributed by atoms with Crippen molar-refractivity contribution in [1.29, 1.82) is 0 Å². The van der Waals surface area contributed by atoms with Crippen LogP contribution < -0.4 is 4.98 Å². The molecule has 8 heteroatoms. The van der Waals surface area contributed by atoms with Gasteiger partial charge in [-0.15, -0.1) is 0 Å². The van der Waals surface area contributed by atoms with E-state index < -0.39 is 0 Å². The first-order chi connectivity index (χ1) is 6.29. The van der Waals surface area contributed by atoms with Crippen LogP contribution in [0.1, 0.15) is 0 Å². The van der Waals surface area contributed by atoms with Crippen molar-refractivity contribution in [3.05, 3.63) is 17.3 Å². The third kappa shape index (κ3) is 2.99. The fourth-order valence-corrected chi connectivity index (χ4v) is 0.960. The third-order valence-electron chi connectivity index (χ3n) is 1.19. The summed E-state index contributed by atoms with van der Waals surface area (Å²) in [5.41, 5.74) is 1.34. The number of imidazole rings is 1. The topological polar surface area (TPSA) is 55.7 Å². The van der Waals surface area contributed by atoms with Gasteiger partial charge in [0.25, 0.3) is 4.64 Å². The number of thiol groups is 1. The Bertz CT molecular complexity index is 427. The summed E-state index contributed by atoms with van der Waals surface area (Å²) in [5.74, 6) is 0. The molecule has 0 radical (unpaired) electrons. The number of fused-ring (bicyclic) bond motifs is 1. The van der Waals surface area contributed by atoms with Gasteiger partial charge in [-0.05, 0) is 0 Å². The maximum atomic E-state index is 4.85. The first kappa shape index (κ1) is 11.1. The smallest absolute Gasteiger partial charge is 0.298 e. The molecule has 0 fully saturated rings. The molecule has 4 nitrogen and oxygen atoms in total. The number of halogens is 2. The maximum absolute atomic E-state index is 4.85. The number of nitrogens with zero attached hydrogens (tertiary/aromatic N) is 3. The van der Waals surface area contributed by atoms with Gasteiger partial charge in [0, 0.05) is 0 Å².